The first-order chi connectivity index (χ1) is 7.25. The van der Waals surface area contributed by atoms with Crippen molar-refractivity contribution in [2.24, 2.45) is 4.99 Å². The van der Waals surface area contributed by atoms with Crippen LogP contribution < -0.4 is 4.90 Å². The maximum Gasteiger partial charge on any atom is 0.255 e. The fourth-order valence-electron chi connectivity index (χ4n) is 1.68. The van der Waals surface area contributed by atoms with E-state index in [1.807, 2.05) is 24.3 Å². The second-order valence-corrected chi connectivity index (χ2v) is 4.33. The molecule has 1 amide bonds. The lowest BCUT2D eigenvalue weighted by Crippen LogP contribution is -2.37. The van der Waals surface area contributed by atoms with Crippen molar-refractivity contribution in [2.45, 2.75) is 11.3 Å². The quantitative estimate of drug-likeness (QED) is 0.721. The normalized spacial score (nSPS) is 18.7. The SMILES string of the molecule is N=C1CC(=O)N=C2Sc3ccccc3N12. The second kappa shape index (κ2) is 2.93. The standard InChI is InChI=1S/C10H7N3OS/c11-8-5-9(14)12-10-13(8)6-3-1-2-4-7(6)15-10/h1-4,11H,5H2. The molecule has 0 bridgehead atoms. The van der Waals surface area contributed by atoms with Crippen LogP contribution in [0.25, 0.3) is 0 Å². The molecule has 0 saturated carbocycles. The Morgan fingerprint density at radius 3 is 3.07 bits per heavy atom. The predicted octanol–water partition coefficient (Wildman–Crippen LogP) is 1.86. The number of carbonyl (C=O) groups is 1. The molecule has 0 aliphatic carbocycles. The van der Waals surface area contributed by atoms with Gasteiger partial charge < -0.3 is 0 Å². The minimum absolute atomic E-state index is 0.0956. The molecule has 2 heterocycles. The van der Waals surface area contributed by atoms with E-state index >= 15 is 0 Å². The van der Waals surface area contributed by atoms with Crippen LogP contribution in [0.4, 0.5) is 5.69 Å². The summed E-state index contributed by atoms with van der Waals surface area (Å²) in [5.74, 6) is 0.0778. The number of para-hydroxylation sites is 1. The molecule has 1 aromatic rings. The van der Waals surface area contributed by atoms with Crippen molar-refractivity contribution in [1.82, 2.24) is 0 Å². The van der Waals surface area contributed by atoms with Crippen LogP contribution in [-0.2, 0) is 4.79 Å². The lowest BCUT2D eigenvalue weighted by Gasteiger charge is -2.22. The lowest BCUT2D eigenvalue weighted by molar-refractivity contribution is -0.116. The van der Waals surface area contributed by atoms with E-state index in [0.29, 0.717) is 11.0 Å². The van der Waals surface area contributed by atoms with E-state index < -0.39 is 0 Å². The van der Waals surface area contributed by atoms with Crippen LogP contribution >= 0.6 is 11.8 Å². The van der Waals surface area contributed by atoms with Crippen LogP contribution in [0.5, 0.6) is 0 Å². The molecular formula is C10H7N3OS. The highest BCUT2D eigenvalue weighted by atomic mass is 32.2. The monoisotopic (exact) mass is 217 g/mol. The highest BCUT2D eigenvalue weighted by Gasteiger charge is 2.33. The molecule has 74 valence electrons. The molecule has 0 radical (unpaired) electrons. The molecule has 15 heavy (non-hydrogen) atoms. The van der Waals surface area contributed by atoms with Gasteiger partial charge in [-0.1, -0.05) is 12.1 Å². The van der Waals surface area contributed by atoms with Gasteiger partial charge in [-0.15, -0.1) is 0 Å². The number of amides is 1. The Morgan fingerprint density at radius 1 is 1.40 bits per heavy atom. The average Bonchev–Trinajstić information content (AvgIpc) is 2.54. The van der Waals surface area contributed by atoms with Crippen molar-refractivity contribution in [3.8, 4) is 0 Å². The van der Waals surface area contributed by atoms with Crippen molar-refractivity contribution in [3.63, 3.8) is 0 Å². The second-order valence-electron chi connectivity index (χ2n) is 3.32. The highest BCUT2D eigenvalue weighted by Crippen LogP contribution is 2.41. The molecule has 0 fully saturated rings. The Kier molecular flexibility index (Phi) is 1.70. The molecule has 1 N–H and O–H groups in total. The number of aliphatic imine (C=N–C) groups is 1. The number of benzene rings is 1. The average molecular weight is 217 g/mol. The Hall–Kier alpha value is -1.62. The fourth-order valence-corrected chi connectivity index (χ4v) is 2.73. The van der Waals surface area contributed by atoms with Gasteiger partial charge in [0.2, 0.25) is 0 Å². The first-order valence-electron chi connectivity index (χ1n) is 4.51. The van der Waals surface area contributed by atoms with Crippen LogP contribution in [0, 0.1) is 5.41 Å². The Bertz CT molecular complexity index is 509. The molecule has 3 rings (SSSR count). The van der Waals surface area contributed by atoms with Crippen LogP contribution in [0.3, 0.4) is 0 Å². The number of nitrogens with zero attached hydrogens (tertiary/aromatic N) is 2. The number of carbonyl (C=O) groups excluding carboxylic acids is 1. The summed E-state index contributed by atoms with van der Waals surface area (Å²) in [6, 6.07) is 7.77. The van der Waals surface area contributed by atoms with Crippen LogP contribution in [0.2, 0.25) is 0 Å². The topological polar surface area (TPSA) is 56.5 Å². The molecule has 1 aromatic carbocycles. The van der Waals surface area contributed by atoms with Gasteiger partial charge in [-0.05, 0) is 23.9 Å². The molecule has 0 spiro atoms. The third-order valence-corrected chi connectivity index (χ3v) is 3.33. The summed E-state index contributed by atoms with van der Waals surface area (Å²) in [7, 11) is 0. The minimum Gasteiger partial charge on any atom is -0.287 e. The number of amidine groups is 2. The molecular weight excluding hydrogens is 210 g/mol. The highest BCUT2D eigenvalue weighted by molar-refractivity contribution is 8.15. The zero-order valence-corrected chi connectivity index (χ0v) is 8.54. The number of rotatable bonds is 0. The zero-order valence-electron chi connectivity index (χ0n) is 7.73. The molecule has 2 aliphatic rings. The molecule has 0 aromatic heterocycles. The largest absolute Gasteiger partial charge is 0.287 e. The summed E-state index contributed by atoms with van der Waals surface area (Å²) in [6.45, 7) is 0. The first kappa shape index (κ1) is 8.67. The number of nitrogens with one attached hydrogen (secondary N) is 1. The van der Waals surface area contributed by atoms with Gasteiger partial charge in [0, 0.05) is 4.90 Å². The van der Waals surface area contributed by atoms with Gasteiger partial charge in [-0.25, -0.2) is 0 Å². The van der Waals surface area contributed by atoms with E-state index in [0.717, 1.165) is 10.6 Å². The van der Waals surface area contributed by atoms with Crippen molar-refractivity contribution in [2.75, 3.05) is 4.90 Å². The Labute approximate surface area is 90.5 Å². The number of hydrogen-bond donors (Lipinski definition) is 1. The number of hydrogen-bond acceptors (Lipinski definition) is 3. The van der Waals surface area contributed by atoms with Crippen LogP contribution in [-0.4, -0.2) is 16.9 Å². The van der Waals surface area contributed by atoms with Gasteiger partial charge in [0.1, 0.15) is 5.84 Å². The van der Waals surface area contributed by atoms with Crippen molar-refractivity contribution in [3.05, 3.63) is 24.3 Å². The minimum atomic E-state index is -0.230. The summed E-state index contributed by atoms with van der Waals surface area (Å²) < 4.78 is 0. The van der Waals surface area contributed by atoms with Crippen molar-refractivity contribution in [1.29, 1.82) is 5.41 Å². The fraction of sp³-hybridized carbons (Fsp3) is 0.100. The molecule has 4 nitrogen and oxygen atoms in total. The maximum atomic E-state index is 11.2. The number of anilines is 1. The molecule has 2 aliphatic heterocycles. The van der Waals surface area contributed by atoms with Crippen LogP contribution in [0.1, 0.15) is 6.42 Å². The molecule has 0 atom stereocenters. The van der Waals surface area contributed by atoms with E-state index in [1.54, 1.807) is 4.90 Å². The van der Waals surface area contributed by atoms with Gasteiger partial charge in [-0.3, -0.25) is 15.1 Å². The Balaban J connectivity index is 2.18. The predicted molar refractivity (Wildman–Crippen MR) is 59.6 cm³/mol. The molecule has 0 saturated heterocycles. The zero-order chi connectivity index (χ0) is 10.4. The summed E-state index contributed by atoms with van der Waals surface area (Å²) in [4.78, 5) is 17.9. The molecule has 5 heteroatoms. The van der Waals surface area contributed by atoms with E-state index in [1.165, 1.54) is 11.8 Å². The molecule has 0 unspecified atom stereocenters. The number of fused-ring (bicyclic) bond motifs is 3. The van der Waals surface area contributed by atoms with Gasteiger partial charge in [-0.2, -0.15) is 4.99 Å². The van der Waals surface area contributed by atoms with E-state index in [-0.39, 0.29) is 12.3 Å². The van der Waals surface area contributed by atoms with Crippen molar-refractivity contribution < 1.29 is 4.79 Å². The number of thioether (sulfide) groups is 1. The van der Waals surface area contributed by atoms with E-state index in [4.69, 9.17) is 5.41 Å². The summed E-state index contributed by atoms with van der Waals surface area (Å²) in [5.41, 5.74) is 0.957. The van der Waals surface area contributed by atoms with Crippen LogP contribution in [0.15, 0.2) is 34.2 Å². The van der Waals surface area contributed by atoms with Gasteiger partial charge >= 0.3 is 0 Å². The lowest BCUT2D eigenvalue weighted by atomic mass is 10.2. The Morgan fingerprint density at radius 2 is 2.20 bits per heavy atom. The van der Waals surface area contributed by atoms with Gasteiger partial charge in [0.05, 0.1) is 12.1 Å². The third-order valence-electron chi connectivity index (χ3n) is 2.31. The van der Waals surface area contributed by atoms with E-state index in [9.17, 15) is 4.79 Å². The summed E-state index contributed by atoms with van der Waals surface area (Å²) >= 11 is 1.44. The van der Waals surface area contributed by atoms with Crippen molar-refractivity contribution >= 4 is 34.4 Å². The van der Waals surface area contributed by atoms with Gasteiger partial charge in [0.15, 0.2) is 5.17 Å². The smallest absolute Gasteiger partial charge is 0.255 e. The summed E-state index contributed by atoms with van der Waals surface area (Å²) in [5, 5.41) is 8.40. The third kappa shape index (κ3) is 1.20. The van der Waals surface area contributed by atoms with E-state index in [2.05, 4.69) is 4.99 Å². The summed E-state index contributed by atoms with van der Waals surface area (Å²) in [6.07, 6.45) is 0.0956. The first-order valence-corrected chi connectivity index (χ1v) is 5.33. The maximum absolute atomic E-state index is 11.2. The van der Waals surface area contributed by atoms with Gasteiger partial charge in [0.25, 0.3) is 5.91 Å².